The lowest BCUT2D eigenvalue weighted by atomic mass is 10.1. The van der Waals surface area contributed by atoms with E-state index >= 15 is 0 Å². The summed E-state index contributed by atoms with van der Waals surface area (Å²) in [5, 5.41) is 14.9. The Morgan fingerprint density at radius 2 is 1.90 bits per heavy atom. The minimum atomic E-state index is -0.475. The van der Waals surface area contributed by atoms with Gasteiger partial charge in [0.15, 0.2) is 0 Å². The van der Waals surface area contributed by atoms with Crippen molar-refractivity contribution in [1.82, 2.24) is 5.32 Å². The fraction of sp³-hybridized carbons (Fsp3) is 0.133. The van der Waals surface area contributed by atoms with Crippen LogP contribution in [0, 0.1) is 5.82 Å². The summed E-state index contributed by atoms with van der Waals surface area (Å²) in [6.45, 7) is 0.380. The number of hydrogen-bond acceptors (Lipinski definition) is 3. The van der Waals surface area contributed by atoms with Gasteiger partial charge in [-0.05, 0) is 42.0 Å². The first-order valence-corrected chi connectivity index (χ1v) is 6.13. The van der Waals surface area contributed by atoms with Crippen molar-refractivity contribution in [2.75, 3.05) is 12.4 Å². The van der Waals surface area contributed by atoms with E-state index in [-0.39, 0.29) is 11.7 Å². The van der Waals surface area contributed by atoms with Gasteiger partial charge in [0.05, 0.1) is 0 Å². The number of aromatic hydroxyl groups is 1. The van der Waals surface area contributed by atoms with Crippen molar-refractivity contribution in [2.45, 2.75) is 6.54 Å². The van der Waals surface area contributed by atoms with Crippen LogP contribution < -0.4 is 10.6 Å². The van der Waals surface area contributed by atoms with Gasteiger partial charge in [-0.2, -0.15) is 0 Å². The molecule has 0 spiro atoms. The zero-order valence-electron chi connectivity index (χ0n) is 11.0. The number of anilines is 1. The molecule has 0 unspecified atom stereocenters. The molecule has 0 saturated carbocycles. The third-order valence-electron chi connectivity index (χ3n) is 2.81. The van der Waals surface area contributed by atoms with Crippen molar-refractivity contribution < 1.29 is 14.3 Å². The van der Waals surface area contributed by atoms with Crippen molar-refractivity contribution in [3.8, 4) is 5.75 Å². The van der Waals surface area contributed by atoms with Crippen LogP contribution in [0.4, 0.5) is 10.1 Å². The number of phenols is 1. The van der Waals surface area contributed by atoms with Gasteiger partial charge in [-0.3, -0.25) is 4.79 Å². The molecule has 0 heterocycles. The lowest BCUT2D eigenvalue weighted by Gasteiger charge is -2.08. The molecule has 0 aromatic heterocycles. The standard InChI is InChI=1S/C15H15FN2O2/c1-17-15(20)11-2-4-13(5-3-11)18-9-10-6-12(16)8-14(19)7-10/h2-8,18-19H,9H2,1H3,(H,17,20). The van der Waals surface area contributed by atoms with E-state index in [1.807, 2.05) is 0 Å². The Bertz CT molecular complexity index is 592. The maximum absolute atomic E-state index is 13.1. The molecule has 0 saturated heterocycles. The fourth-order valence-corrected chi connectivity index (χ4v) is 1.82. The minimum absolute atomic E-state index is 0.100. The maximum Gasteiger partial charge on any atom is 0.251 e. The molecule has 0 aliphatic heterocycles. The topological polar surface area (TPSA) is 61.4 Å². The summed E-state index contributed by atoms with van der Waals surface area (Å²) in [5.74, 6) is -0.722. The molecule has 5 heteroatoms. The molecule has 20 heavy (non-hydrogen) atoms. The third kappa shape index (κ3) is 3.47. The quantitative estimate of drug-likeness (QED) is 0.802. The molecule has 2 rings (SSSR count). The van der Waals surface area contributed by atoms with Crippen molar-refractivity contribution in [2.24, 2.45) is 0 Å². The summed E-state index contributed by atoms with van der Waals surface area (Å²) in [5.41, 5.74) is 2.01. The van der Waals surface area contributed by atoms with E-state index < -0.39 is 5.82 Å². The molecular formula is C15H15FN2O2. The molecule has 2 aromatic carbocycles. The van der Waals surface area contributed by atoms with Crippen LogP contribution in [0.3, 0.4) is 0 Å². The molecule has 4 nitrogen and oxygen atoms in total. The van der Waals surface area contributed by atoms with Crippen LogP contribution in [0.2, 0.25) is 0 Å². The first kappa shape index (κ1) is 13.9. The second kappa shape index (κ2) is 6.06. The predicted octanol–water partition coefficient (Wildman–Crippen LogP) is 2.50. The maximum atomic E-state index is 13.1. The second-order valence-corrected chi connectivity index (χ2v) is 4.33. The average Bonchev–Trinajstić information content (AvgIpc) is 2.44. The van der Waals surface area contributed by atoms with Crippen LogP contribution in [-0.4, -0.2) is 18.1 Å². The predicted molar refractivity (Wildman–Crippen MR) is 75.2 cm³/mol. The molecule has 0 fully saturated rings. The van der Waals surface area contributed by atoms with Gasteiger partial charge in [0.1, 0.15) is 11.6 Å². The molecule has 1 amide bonds. The van der Waals surface area contributed by atoms with E-state index in [1.54, 1.807) is 31.3 Å². The van der Waals surface area contributed by atoms with E-state index in [1.165, 1.54) is 12.1 Å². The number of phenolic OH excluding ortho intramolecular Hbond substituents is 1. The Hall–Kier alpha value is -2.56. The largest absolute Gasteiger partial charge is 0.508 e. The third-order valence-corrected chi connectivity index (χ3v) is 2.81. The summed E-state index contributed by atoms with van der Waals surface area (Å²) in [6.07, 6.45) is 0. The first-order chi connectivity index (χ1) is 9.58. The summed E-state index contributed by atoms with van der Waals surface area (Å²) >= 11 is 0. The number of halogens is 1. The monoisotopic (exact) mass is 274 g/mol. The lowest BCUT2D eigenvalue weighted by molar-refractivity contribution is 0.0963. The number of carbonyl (C=O) groups excluding carboxylic acids is 1. The fourth-order valence-electron chi connectivity index (χ4n) is 1.82. The Labute approximate surface area is 116 Å². The van der Waals surface area contributed by atoms with Crippen molar-refractivity contribution in [3.63, 3.8) is 0 Å². The van der Waals surface area contributed by atoms with Gasteiger partial charge >= 0.3 is 0 Å². The van der Waals surface area contributed by atoms with Gasteiger partial charge < -0.3 is 15.7 Å². The Morgan fingerprint density at radius 3 is 2.50 bits per heavy atom. The number of carbonyl (C=O) groups is 1. The van der Waals surface area contributed by atoms with Gasteiger partial charge in [0.25, 0.3) is 5.91 Å². The summed E-state index contributed by atoms with van der Waals surface area (Å²) in [7, 11) is 1.57. The summed E-state index contributed by atoms with van der Waals surface area (Å²) in [6, 6.07) is 10.8. The van der Waals surface area contributed by atoms with E-state index in [2.05, 4.69) is 10.6 Å². The molecule has 3 N–H and O–H groups in total. The van der Waals surface area contributed by atoms with Crippen LogP contribution >= 0.6 is 0 Å². The number of rotatable bonds is 4. The highest BCUT2D eigenvalue weighted by Crippen LogP contribution is 2.16. The zero-order valence-corrected chi connectivity index (χ0v) is 11.0. The molecular weight excluding hydrogens is 259 g/mol. The highest BCUT2D eigenvalue weighted by molar-refractivity contribution is 5.94. The van der Waals surface area contributed by atoms with E-state index in [0.717, 1.165) is 11.8 Å². The summed E-state index contributed by atoms with van der Waals surface area (Å²) in [4.78, 5) is 11.4. The summed E-state index contributed by atoms with van der Waals surface area (Å²) < 4.78 is 13.1. The number of hydrogen-bond donors (Lipinski definition) is 3. The highest BCUT2D eigenvalue weighted by Gasteiger charge is 2.03. The van der Waals surface area contributed by atoms with Crippen LogP contribution in [0.1, 0.15) is 15.9 Å². The van der Waals surface area contributed by atoms with Crippen molar-refractivity contribution >= 4 is 11.6 Å². The Balaban J connectivity index is 2.02. The minimum Gasteiger partial charge on any atom is -0.508 e. The van der Waals surface area contributed by atoms with Gasteiger partial charge in [-0.1, -0.05) is 0 Å². The number of amides is 1. The highest BCUT2D eigenvalue weighted by atomic mass is 19.1. The lowest BCUT2D eigenvalue weighted by Crippen LogP contribution is -2.17. The van der Waals surface area contributed by atoms with Crippen LogP contribution in [0.5, 0.6) is 5.75 Å². The molecule has 104 valence electrons. The SMILES string of the molecule is CNC(=O)c1ccc(NCc2cc(O)cc(F)c2)cc1. The number of benzene rings is 2. The molecule has 2 aromatic rings. The molecule has 0 radical (unpaired) electrons. The van der Waals surface area contributed by atoms with Gasteiger partial charge in [-0.25, -0.2) is 4.39 Å². The molecule has 0 bridgehead atoms. The van der Waals surface area contributed by atoms with E-state index in [0.29, 0.717) is 17.7 Å². The van der Waals surface area contributed by atoms with Gasteiger partial charge in [0.2, 0.25) is 0 Å². The zero-order chi connectivity index (χ0) is 14.5. The van der Waals surface area contributed by atoms with Crippen LogP contribution in [0.15, 0.2) is 42.5 Å². The van der Waals surface area contributed by atoms with Crippen LogP contribution in [-0.2, 0) is 6.54 Å². The number of nitrogens with one attached hydrogen (secondary N) is 2. The van der Waals surface area contributed by atoms with Gasteiger partial charge in [0, 0.05) is 30.9 Å². The van der Waals surface area contributed by atoms with Crippen molar-refractivity contribution in [3.05, 3.63) is 59.4 Å². The van der Waals surface area contributed by atoms with Crippen LogP contribution in [0.25, 0.3) is 0 Å². The smallest absolute Gasteiger partial charge is 0.251 e. The molecule has 0 atom stereocenters. The average molecular weight is 274 g/mol. The van der Waals surface area contributed by atoms with E-state index in [4.69, 9.17) is 0 Å². The molecule has 0 aliphatic carbocycles. The molecule has 0 aliphatic rings. The van der Waals surface area contributed by atoms with E-state index in [9.17, 15) is 14.3 Å². The Kier molecular flexibility index (Phi) is 4.20. The normalized spacial score (nSPS) is 10.1. The Morgan fingerprint density at radius 1 is 1.20 bits per heavy atom. The van der Waals surface area contributed by atoms with Crippen molar-refractivity contribution in [1.29, 1.82) is 0 Å². The first-order valence-electron chi connectivity index (χ1n) is 6.13. The van der Waals surface area contributed by atoms with Gasteiger partial charge in [-0.15, -0.1) is 0 Å². The second-order valence-electron chi connectivity index (χ2n) is 4.33.